The number of rotatable bonds is 2. The first kappa shape index (κ1) is 11.9. The highest BCUT2D eigenvalue weighted by Crippen LogP contribution is 2.29. The van der Waals surface area contributed by atoms with Crippen LogP contribution in [0.2, 0.25) is 0 Å². The number of carbonyl (C=O) groups excluding carboxylic acids is 1. The number of urea groups is 1. The van der Waals surface area contributed by atoms with Gasteiger partial charge in [0.15, 0.2) is 0 Å². The largest absolute Gasteiger partial charge is 0.374 e. The summed E-state index contributed by atoms with van der Waals surface area (Å²) < 4.78 is 0. The Kier molecular flexibility index (Phi) is 2.83. The van der Waals surface area contributed by atoms with Crippen molar-refractivity contribution in [2.45, 2.75) is 13.1 Å². The van der Waals surface area contributed by atoms with Gasteiger partial charge in [0.25, 0.3) is 0 Å². The Morgan fingerprint density at radius 2 is 2.16 bits per heavy atom. The molecule has 1 aromatic heterocycles. The van der Waals surface area contributed by atoms with Gasteiger partial charge in [-0.15, -0.1) is 10.2 Å². The average Bonchev–Trinajstić information content (AvgIpc) is 2.80. The molecule has 0 atom stereocenters. The Morgan fingerprint density at radius 3 is 2.89 bits per heavy atom. The van der Waals surface area contributed by atoms with Crippen LogP contribution in [0, 0.1) is 0 Å². The van der Waals surface area contributed by atoms with Crippen molar-refractivity contribution in [1.82, 2.24) is 15.1 Å². The van der Waals surface area contributed by atoms with Crippen LogP contribution < -0.4 is 10.6 Å². The summed E-state index contributed by atoms with van der Waals surface area (Å²) in [7, 11) is 1.79. The number of fused-ring (bicyclic) bond motifs is 1. The third kappa shape index (κ3) is 2.12. The van der Waals surface area contributed by atoms with Gasteiger partial charge < -0.3 is 10.6 Å². The fourth-order valence-corrected chi connectivity index (χ4v) is 2.76. The van der Waals surface area contributed by atoms with Gasteiger partial charge in [-0.1, -0.05) is 29.5 Å². The molecule has 0 unspecified atom stereocenters. The minimum atomic E-state index is -0.0347. The molecule has 2 heterocycles. The van der Waals surface area contributed by atoms with E-state index in [0.717, 1.165) is 16.3 Å². The van der Waals surface area contributed by atoms with Crippen LogP contribution >= 0.6 is 11.3 Å². The molecule has 0 radical (unpaired) electrons. The van der Waals surface area contributed by atoms with Gasteiger partial charge in [0.2, 0.25) is 5.13 Å². The number of amides is 2. The van der Waals surface area contributed by atoms with E-state index >= 15 is 0 Å². The van der Waals surface area contributed by atoms with Crippen LogP contribution in [0.4, 0.5) is 15.6 Å². The van der Waals surface area contributed by atoms with Gasteiger partial charge in [0.1, 0.15) is 5.01 Å². The third-order valence-corrected chi connectivity index (χ3v) is 3.76. The van der Waals surface area contributed by atoms with Crippen molar-refractivity contribution >= 4 is 28.2 Å². The first-order valence-corrected chi connectivity index (χ1v) is 6.65. The Bertz CT molecular complexity index is 626. The van der Waals surface area contributed by atoms with E-state index in [4.69, 9.17) is 5.73 Å². The molecule has 0 bridgehead atoms. The van der Waals surface area contributed by atoms with E-state index in [1.807, 2.05) is 24.3 Å². The molecule has 2 amide bonds. The van der Waals surface area contributed by atoms with Gasteiger partial charge in [-0.3, -0.25) is 4.90 Å². The molecular formula is C12H13N5OS. The van der Waals surface area contributed by atoms with E-state index in [0.29, 0.717) is 18.2 Å². The van der Waals surface area contributed by atoms with Gasteiger partial charge in [-0.25, -0.2) is 4.79 Å². The number of benzene rings is 1. The van der Waals surface area contributed by atoms with E-state index in [1.54, 1.807) is 16.8 Å². The van der Waals surface area contributed by atoms with E-state index in [-0.39, 0.29) is 6.03 Å². The Hall–Kier alpha value is -2.15. The highest BCUT2D eigenvalue weighted by atomic mass is 32.1. The second-order valence-electron chi connectivity index (χ2n) is 4.39. The predicted molar refractivity (Wildman–Crippen MR) is 73.8 cm³/mol. The lowest BCUT2D eigenvalue weighted by atomic mass is 10.1. The molecule has 1 aliphatic rings. The van der Waals surface area contributed by atoms with Crippen molar-refractivity contribution in [3.05, 3.63) is 34.8 Å². The molecule has 98 valence electrons. The monoisotopic (exact) mass is 275 g/mol. The van der Waals surface area contributed by atoms with Gasteiger partial charge in [0, 0.05) is 13.6 Å². The standard InChI is InChI=1S/C12H13N5OS/c1-16-6-8-4-2-3-5-9(8)17(12(16)18)7-10-14-15-11(13)19-10/h2-5H,6-7H2,1H3,(H2,13,15). The number of hydrogen-bond acceptors (Lipinski definition) is 5. The maximum Gasteiger partial charge on any atom is 0.324 e. The summed E-state index contributed by atoms with van der Waals surface area (Å²) in [5.41, 5.74) is 7.63. The predicted octanol–water partition coefficient (Wildman–Crippen LogP) is 1.69. The number of hydrogen-bond donors (Lipinski definition) is 1. The Balaban J connectivity index is 1.96. The summed E-state index contributed by atoms with van der Waals surface area (Å²) in [6.07, 6.45) is 0. The molecule has 1 aromatic carbocycles. The number of nitrogen functional groups attached to an aromatic ring is 1. The van der Waals surface area contributed by atoms with Crippen LogP contribution in [-0.4, -0.2) is 28.2 Å². The summed E-state index contributed by atoms with van der Waals surface area (Å²) in [6.45, 7) is 1.03. The zero-order chi connectivity index (χ0) is 13.4. The Labute approximate surface area is 114 Å². The van der Waals surface area contributed by atoms with Crippen LogP contribution in [0.1, 0.15) is 10.6 Å². The number of para-hydroxylation sites is 1. The average molecular weight is 275 g/mol. The van der Waals surface area contributed by atoms with Gasteiger partial charge in [-0.2, -0.15) is 0 Å². The fourth-order valence-electron chi connectivity index (χ4n) is 2.16. The first-order valence-electron chi connectivity index (χ1n) is 5.83. The van der Waals surface area contributed by atoms with Crippen molar-refractivity contribution in [2.75, 3.05) is 17.7 Å². The van der Waals surface area contributed by atoms with Crippen LogP contribution in [0.3, 0.4) is 0 Å². The van der Waals surface area contributed by atoms with Crippen molar-refractivity contribution in [3.8, 4) is 0 Å². The molecule has 1 aliphatic heterocycles. The van der Waals surface area contributed by atoms with Crippen LogP contribution in [0.25, 0.3) is 0 Å². The normalized spacial score (nSPS) is 14.7. The zero-order valence-corrected chi connectivity index (χ0v) is 11.2. The van der Waals surface area contributed by atoms with Gasteiger partial charge in [-0.05, 0) is 11.6 Å². The van der Waals surface area contributed by atoms with Crippen LogP contribution in [0.15, 0.2) is 24.3 Å². The number of aromatic nitrogens is 2. The molecular weight excluding hydrogens is 262 g/mol. The van der Waals surface area contributed by atoms with Crippen LogP contribution in [0.5, 0.6) is 0 Å². The summed E-state index contributed by atoms with van der Waals surface area (Å²) in [6, 6.07) is 7.85. The van der Waals surface area contributed by atoms with Crippen molar-refractivity contribution < 1.29 is 4.79 Å². The van der Waals surface area contributed by atoms with E-state index in [1.165, 1.54) is 11.3 Å². The third-order valence-electron chi connectivity index (χ3n) is 3.02. The number of nitrogens with two attached hydrogens (primary N) is 1. The second-order valence-corrected chi connectivity index (χ2v) is 5.48. The quantitative estimate of drug-likeness (QED) is 0.905. The molecule has 0 spiro atoms. The summed E-state index contributed by atoms with van der Waals surface area (Å²) in [5.74, 6) is 0. The molecule has 0 saturated carbocycles. The molecule has 0 aliphatic carbocycles. The summed E-state index contributed by atoms with van der Waals surface area (Å²) >= 11 is 1.30. The maximum atomic E-state index is 12.3. The lowest BCUT2D eigenvalue weighted by Gasteiger charge is -2.34. The summed E-state index contributed by atoms with van der Waals surface area (Å²) in [4.78, 5) is 15.7. The molecule has 7 heteroatoms. The SMILES string of the molecule is CN1Cc2ccccc2N(Cc2nnc(N)s2)C1=O. The lowest BCUT2D eigenvalue weighted by molar-refractivity contribution is 0.210. The number of carbonyl (C=O) groups is 1. The zero-order valence-electron chi connectivity index (χ0n) is 10.4. The van der Waals surface area contributed by atoms with Gasteiger partial charge >= 0.3 is 6.03 Å². The van der Waals surface area contributed by atoms with Crippen molar-refractivity contribution in [3.63, 3.8) is 0 Å². The first-order chi connectivity index (χ1) is 9.15. The summed E-state index contributed by atoms with van der Waals surface area (Å²) in [5, 5.41) is 8.90. The van der Waals surface area contributed by atoms with E-state index < -0.39 is 0 Å². The lowest BCUT2D eigenvalue weighted by Crippen LogP contribution is -2.44. The number of anilines is 2. The highest BCUT2D eigenvalue weighted by Gasteiger charge is 2.28. The second kappa shape index (κ2) is 4.51. The minimum Gasteiger partial charge on any atom is -0.374 e. The van der Waals surface area contributed by atoms with Crippen molar-refractivity contribution in [2.24, 2.45) is 0 Å². The van der Waals surface area contributed by atoms with E-state index in [2.05, 4.69) is 10.2 Å². The fraction of sp³-hybridized carbons (Fsp3) is 0.250. The molecule has 0 saturated heterocycles. The molecule has 2 N–H and O–H groups in total. The molecule has 3 rings (SSSR count). The van der Waals surface area contributed by atoms with Crippen molar-refractivity contribution in [1.29, 1.82) is 0 Å². The van der Waals surface area contributed by atoms with Gasteiger partial charge in [0.05, 0.1) is 12.2 Å². The minimum absolute atomic E-state index is 0.0347. The maximum absolute atomic E-state index is 12.3. The van der Waals surface area contributed by atoms with E-state index in [9.17, 15) is 4.79 Å². The molecule has 19 heavy (non-hydrogen) atoms. The topological polar surface area (TPSA) is 75.3 Å². The smallest absolute Gasteiger partial charge is 0.324 e. The molecule has 6 nitrogen and oxygen atoms in total. The number of nitrogens with zero attached hydrogens (tertiary/aromatic N) is 4. The Morgan fingerprint density at radius 1 is 1.37 bits per heavy atom. The molecule has 2 aromatic rings. The van der Waals surface area contributed by atoms with Crippen LogP contribution in [-0.2, 0) is 13.1 Å². The highest BCUT2D eigenvalue weighted by molar-refractivity contribution is 7.15. The molecule has 0 fully saturated rings.